The highest BCUT2D eigenvalue weighted by atomic mass is 16.6. The van der Waals surface area contributed by atoms with Crippen LogP contribution in [0, 0.1) is 0 Å². The number of hydrogen-bond donors (Lipinski definition) is 2. The molecule has 1 aromatic rings. The Bertz CT molecular complexity index is 579. The van der Waals surface area contributed by atoms with Crippen LogP contribution in [-0.4, -0.2) is 56.3 Å². The predicted molar refractivity (Wildman–Crippen MR) is 105 cm³/mol. The fraction of sp³-hybridized carbons (Fsp3) is 0.579. The number of carbonyl (C=O) groups is 1. The first-order valence-corrected chi connectivity index (χ1v) is 8.84. The maximum Gasteiger partial charge on any atom is 0.410 e. The molecule has 7 nitrogen and oxygen atoms in total. The first-order chi connectivity index (χ1) is 12.2. The summed E-state index contributed by atoms with van der Waals surface area (Å²) in [6, 6.07) is 7.81. The molecule has 0 aliphatic heterocycles. The number of hydrogen-bond acceptors (Lipinski definition) is 4. The van der Waals surface area contributed by atoms with Crippen LogP contribution in [0.1, 0.15) is 33.3 Å². The molecule has 2 N–H and O–H groups in total. The average molecular weight is 364 g/mol. The van der Waals surface area contributed by atoms with Crippen LogP contribution in [0.5, 0.6) is 5.75 Å². The Morgan fingerprint density at radius 3 is 2.38 bits per heavy atom. The minimum atomic E-state index is -0.493. The Kier molecular flexibility index (Phi) is 8.75. The van der Waals surface area contributed by atoms with Crippen molar-refractivity contribution < 1.29 is 14.3 Å². The summed E-state index contributed by atoms with van der Waals surface area (Å²) in [6.07, 6.45) is -0.334. The van der Waals surface area contributed by atoms with Crippen molar-refractivity contribution in [3.8, 4) is 5.75 Å². The lowest BCUT2D eigenvalue weighted by molar-refractivity contribution is 0.0302. The van der Waals surface area contributed by atoms with Crippen LogP contribution >= 0.6 is 0 Å². The van der Waals surface area contributed by atoms with E-state index in [2.05, 4.69) is 15.6 Å². The summed E-state index contributed by atoms with van der Waals surface area (Å²) in [5.74, 6) is 1.54. The summed E-state index contributed by atoms with van der Waals surface area (Å²) in [6.45, 7) is 9.98. The summed E-state index contributed by atoms with van der Waals surface area (Å²) in [5.41, 5.74) is 0.599. The lowest BCUT2D eigenvalue weighted by Crippen LogP contribution is -2.43. The molecule has 0 aliphatic rings. The van der Waals surface area contributed by atoms with Crippen molar-refractivity contribution in [1.29, 1.82) is 0 Å². The number of methoxy groups -OCH3 is 1. The molecule has 7 heteroatoms. The number of nitrogens with zero attached hydrogens (tertiary/aromatic N) is 2. The normalized spacial score (nSPS) is 11.7. The van der Waals surface area contributed by atoms with Crippen molar-refractivity contribution in [2.24, 2.45) is 4.99 Å². The molecule has 0 spiro atoms. The molecule has 0 saturated carbocycles. The number of carbonyl (C=O) groups excluding carboxylic acids is 1. The Balaban J connectivity index is 2.49. The Hall–Kier alpha value is -2.44. The van der Waals surface area contributed by atoms with Gasteiger partial charge in [-0.15, -0.1) is 0 Å². The lowest BCUT2D eigenvalue weighted by atomic mass is 10.2. The van der Waals surface area contributed by atoms with Crippen molar-refractivity contribution in [2.75, 3.05) is 33.8 Å². The molecular formula is C19H32N4O3. The Labute approximate surface area is 156 Å². The second kappa shape index (κ2) is 10.5. The average Bonchev–Trinajstić information content (AvgIpc) is 2.58. The Morgan fingerprint density at radius 2 is 1.85 bits per heavy atom. The van der Waals surface area contributed by atoms with Crippen LogP contribution in [0.15, 0.2) is 29.3 Å². The van der Waals surface area contributed by atoms with E-state index >= 15 is 0 Å². The molecular weight excluding hydrogens is 332 g/mol. The van der Waals surface area contributed by atoms with Crippen molar-refractivity contribution >= 4 is 12.1 Å². The SMILES string of the molecule is CCNC(=NCc1ccc(OC)cc1)NCCN(C)C(=O)OC(C)(C)C. The van der Waals surface area contributed by atoms with Gasteiger partial charge in [0.25, 0.3) is 0 Å². The van der Waals surface area contributed by atoms with Gasteiger partial charge < -0.3 is 25.0 Å². The molecule has 146 valence electrons. The number of likely N-dealkylation sites (N-methyl/N-ethyl adjacent to an activating group) is 1. The van der Waals surface area contributed by atoms with Crippen LogP contribution in [0.4, 0.5) is 4.79 Å². The quantitative estimate of drug-likeness (QED) is 0.575. The van der Waals surface area contributed by atoms with Crippen LogP contribution in [-0.2, 0) is 11.3 Å². The van der Waals surface area contributed by atoms with Crippen molar-refractivity contribution in [2.45, 2.75) is 39.8 Å². The molecule has 0 heterocycles. The topological polar surface area (TPSA) is 75.2 Å². The number of amides is 1. The van der Waals surface area contributed by atoms with Crippen molar-refractivity contribution in [3.63, 3.8) is 0 Å². The number of nitrogens with one attached hydrogen (secondary N) is 2. The summed E-state index contributed by atoms with van der Waals surface area (Å²) in [4.78, 5) is 18.0. The highest BCUT2D eigenvalue weighted by Crippen LogP contribution is 2.12. The van der Waals surface area contributed by atoms with Crippen LogP contribution in [0.2, 0.25) is 0 Å². The zero-order valence-electron chi connectivity index (χ0n) is 16.8. The van der Waals surface area contributed by atoms with Crippen LogP contribution < -0.4 is 15.4 Å². The fourth-order valence-electron chi connectivity index (χ4n) is 2.02. The van der Waals surface area contributed by atoms with Gasteiger partial charge in [-0.3, -0.25) is 0 Å². The third-order valence-corrected chi connectivity index (χ3v) is 3.37. The van der Waals surface area contributed by atoms with E-state index < -0.39 is 5.60 Å². The summed E-state index contributed by atoms with van der Waals surface area (Å²) >= 11 is 0. The lowest BCUT2D eigenvalue weighted by Gasteiger charge is -2.24. The van der Waals surface area contributed by atoms with Gasteiger partial charge in [0.2, 0.25) is 0 Å². The first-order valence-electron chi connectivity index (χ1n) is 8.84. The molecule has 0 radical (unpaired) electrons. The number of rotatable bonds is 7. The standard InChI is InChI=1S/C19H32N4O3/c1-7-20-17(22-14-15-8-10-16(25-6)11-9-15)21-12-13-23(5)18(24)26-19(2,3)4/h8-11H,7,12-14H2,1-6H3,(H2,20,21,22). The third kappa shape index (κ3) is 8.60. The van der Waals surface area contributed by atoms with Gasteiger partial charge in [-0.25, -0.2) is 9.79 Å². The molecule has 0 unspecified atom stereocenters. The number of guanidine groups is 1. The van der Waals surface area contributed by atoms with Gasteiger partial charge in [-0.2, -0.15) is 0 Å². The first kappa shape index (κ1) is 21.6. The van der Waals surface area contributed by atoms with Gasteiger partial charge in [0, 0.05) is 26.7 Å². The molecule has 0 bridgehead atoms. The zero-order valence-corrected chi connectivity index (χ0v) is 16.8. The predicted octanol–water partition coefficient (Wildman–Crippen LogP) is 2.62. The maximum absolute atomic E-state index is 11.9. The maximum atomic E-state index is 11.9. The second-order valence-corrected chi connectivity index (χ2v) is 6.87. The van der Waals surface area contributed by atoms with E-state index in [9.17, 15) is 4.79 Å². The van der Waals surface area contributed by atoms with E-state index in [1.54, 1.807) is 19.1 Å². The monoisotopic (exact) mass is 364 g/mol. The highest BCUT2D eigenvalue weighted by molar-refractivity contribution is 5.79. The number of ether oxygens (including phenoxy) is 2. The van der Waals surface area contributed by atoms with E-state index in [1.807, 2.05) is 52.0 Å². The van der Waals surface area contributed by atoms with E-state index in [1.165, 1.54) is 0 Å². The fourth-order valence-corrected chi connectivity index (χ4v) is 2.02. The minimum absolute atomic E-state index is 0.334. The van der Waals surface area contributed by atoms with E-state index in [0.29, 0.717) is 25.6 Å². The van der Waals surface area contributed by atoms with Gasteiger partial charge in [0.1, 0.15) is 11.4 Å². The molecule has 0 atom stereocenters. The third-order valence-electron chi connectivity index (χ3n) is 3.37. The molecule has 1 aromatic carbocycles. The van der Waals surface area contributed by atoms with Gasteiger partial charge >= 0.3 is 6.09 Å². The summed E-state index contributed by atoms with van der Waals surface area (Å²) < 4.78 is 10.5. The smallest absolute Gasteiger partial charge is 0.410 e. The molecule has 1 amide bonds. The molecule has 1 rings (SSSR count). The largest absolute Gasteiger partial charge is 0.497 e. The molecule has 0 fully saturated rings. The molecule has 0 saturated heterocycles. The molecule has 0 aliphatic carbocycles. The highest BCUT2D eigenvalue weighted by Gasteiger charge is 2.19. The van der Waals surface area contributed by atoms with E-state index in [-0.39, 0.29) is 6.09 Å². The van der Waals surface area contributed by atoms with Crippen molar-refractivity contribution in [3.05, 3.63) is 29.8 Å². The van der Waals surface area contributed by atoms with Gasteiger partial charge in [-0.1, -0.05) is 12.1 Å². The second-order valence-electron chi connectivity index (χ2n) is 6.87. The number of aliphatic imine (C=N–C) groups is 1. The Morgan fingerprint density at radius 1 is 1.19 bits per heavy atom. The molecule has 26 heavy (non-hydrogen) atoms. The summed E-state index contributed by atoms with van der Waals surface area (Å²) in [5, 5.41) is 6.42. The van der Waals surface area contributed by atoms with E-state index in [0.717, 1.165) is 17.9 Å². The van der Waals surface area contributed by atoms with E-state index in [4.69, 9.17) is 9.47 Å². The van der Waals surface area contributed by atoms with Gasteiger partial charge in [-0.05, 0) is 45.4 Å². The zero-order chi connectivity index (χ0) is 19.6. The van der Waals surface area contributed by atoms with Crippen LogP contribution in [0.25, 0.3) is 0 Å². The number of benzene rings is 1. The minimum Gasteiger partial charge on any atom is -0.497 e. The molecule has 0 aromatic heterocycles. The summed E-state index contributed by atoms with van der Waals surface area (Å²) in [7, 11) is 3.37. The van der Waals surface area contributed by atoms with Crippen LogP contribution in [0.3, 0.4) is 0 Å². The van der Waals surface area contributed by atoms with Crippen molar-refractivity contribution in [1.82, 2.24) is 15.5 Å². The van der Waals surface area contributed by atoms with Gasteiger partial charge in [0.15, 0.2) is 5.96 Å². The van der Waals surface area contributed by atoms with Gasteiger partial charge in [0.05, 0.1) is 13.7 Å².